The maximum Gasteiger partial charge on any atom is 0.317 e. The van der Waals surface area contributed by atoms with Crippen LogP contribution in [-0.4, -0.2) is 33.1 Å². The minimum Gasteiger partial charge on any atom is -0.467 e. The fourth-order valence-corrected chi connectivity index (χ4v) is 2.75. The van der Waals surface area contributed by atoms with E-state index in [4.69, 9.17) is 9.15 Å². The van der Waals surface area contributed by atoms with Crippen LogP contribution in [0.4, 0.5) is 5.95 Å². The summed E-state index contributed by atoms with van der Waals surface area (Å²) in [6.07, 6.45) is 4.60. The highest BCUT2D eigenvalue weighted by atomic mass is 16.5. The Balaban J connectivity index is 2.10. The summed E-state index contributed by atoms with van der Waals surface area (Å²) >= 11 is 0. The number of hydrogen-bond donors (Lipinski definition) is 0. The molecule has 22 heavy (non-hydrogen) atoms. The Labute approximate surface area is 128 Å². The van der Waals surface area contributed by atoms with E-state index in [1.54, 1.807) is 23.9 Å². The maximum absolute atomic E-state index is 12.5. The largest absolute Gasteiger partial charge is 0.467 e. The van der Waals surface area contributed by atoms with Gasteiger partial charge in [-0.3, -0.25) is 4.79 Å². The predicted molar refractivity (Wildman–Crippen MR) is 79.0 cm³/mol. The molecule has 1 aliphatic rings. The van der Waals surface area contributed by atoms with Crippen LogP contribution in [0.25, 0.3) is 0 Å². The lowest BCUT2D eigenvalue weighted by atomic mass is 9.89. The predicted octanol–water partition coefficient (Wildman–Crippen LogP) is 2.53. The molecule has 0 amide bonds. The minimum absolute atomic E-state index is 0.308. The van der Waals surface area contributed by atoms with Gasteiger partial charge in [0.05, 0.1) is 12.9 Å². The molecular formula is C15H18N4O3. The van der Waals surface area contributed by atoms with Crippen molar-refractivity contribution in [2.45, 2.75) is 32.7 Å². The van der Waals surface area contributed by atoms with Crippen molar-refractivity contribution in [2.75, 3.05) is 6.61 Å². The lowest BCUT2D eigenvalue weighted by Gasteiger charge is -2.29. The highest BCUT2D eigenvalue weighted by Crippen LogP contribution is 2.36. The summed E-state index contributed by atoms with van der Waals surface area (Å²) < 4.78 is 12.4. The molecule has 3 heterocycles. The number of nitrogens with zero attached hydrogens (tertiary/aromatic N) is 4. The molecule has 0 spiro atoms. The molecule has 0 fully saturated rings. The Morgan fingerprint density at radius 3 is 3.00 bits per heavy atom. The van der Waals surface area contributed by atoms with Gasteiger partial charge >= 0.3 is 5.97 Å². The van der Waals surface area contributed by atoms with Gasteiger partial charge in [0.1, 0.15) is 24.0 Å². The van der Waals surface area contributed by atoms with Crippen molar-refractivity contribution >= 4 is 17.6 Å². The molecule has 0 radical (unpaired) electrons. The van der Waals surface area contributed by atoms with Gasteiger partial charge in [0.25, 0.3) is 0 Å². The molecule has 0 saturated carbocycles. The van der Waals surface area contributed by atoms with Crippen LogP contribution in [0.1, 0.15) is 38.5 Å². The van der Waals surface area contributed by atoms with Crippen LogP contribution in [0.5, 0.6) is 0 Å². The van der Waals surface area contributed by atoms with Crippen LogP contribution in [0.2, 0.25) is 0 Å². The van der Waals surface area contributed by atoms with Crippen molar-refractivity contribution in [1.29, 1.82) is 0 Å². The summed E-state index contributed by atoms with van der Waals surface area (Å²) in [5.74, 6) is 0.288. The van der Waals surface area contributed by atoms with Crippen LogP contribution in [0.15, 0.2) is 34.1 Å². The Hall–Kier alpha value is -2.44. The van der Waals surface area contributed by atoms with E-state index in [2.05, 4.69) is 15.1 Å². The zero-order valence-electron chi connectivity index (χ0n) is 12.6. The Bertz CT molecular complexity index is 675. The van der Waals surface area contributed by atoms with Crippen molar-refractivity contribution in [1.82, 2.24) is 14.8 Å². The molecule has 7 nitrogen and oxygen atoms in total. The zero-order chi connectivity index (χ0) is 15.5. The summed E-state index contributed by atoms with van der Waals surface area (Å²) in [4.78, 5) is 21.2. The summed E-state index contributed by atoms with van der Waals surface area (Å²) in [6, 6.07) is 3.21. The molecule has 116 valence electrons. The van der Waals surface area contributed by atoms with E-state index >= 15 is 0 Å². The molecule has 2 unspecified atom stereocenters. The molecule has 7 heteroatoms. The number of ether oxygens (including phenoxy) is 1. The van der Waals surface area contributed by atoms with Gasteiger partial charge in [0, 0.05) is 5.71 Å². The number of aromatic nitrogens is 3. The van der Waals surface area contributed by atoms with E-state index in [1.807, 2.05) is 13.0 Å². The third-order valence-corrected chi connectivity index (χ3v) is 3.62. The highest BCUT2D eigenvalue weighted by Gasteiger charge is 2.42. The molecule has 3 rings (SSSR count). The number of furan rings is 1. The molecule has 2 aromatic heterocycles. The Morgan fingerprint density at radius 1 is 1.45 bits per heavy atom. The SMILES string of the molecule is CCCC1=Nc2ncnn2C(c2ccco2)C1C(=O)OCC. The average molecular weight is 302 g/mol. The lowest BCUT2D eigenvalue weighted by Crippen LogP contribution is -2.38. The van der Waals surface area contributed by atoms with E-state index in [9.17, 15) is 4.79 Å². The smallest absolute Gasteiger partial charge is 0.317 e. The average Bonchev–Trinajstić information content (AvgIpc) is 3.17. The molecule has 0 N–H and O–H groups in total. The van der Waals surface area contributed by atoms with Crippen molar-refractivity contribution < 1.29 is 13.9 Å². The van der Waals surface area contributed by atoms with Crippen molar-refractivity contribution in [2.24, 2.45) is 10.9 Å². The molecule has 0 aliphatic carbocycles. The van der Waals surface area contributed by atoms with E-state index in [-0.39, 0.29) is 5.97 Å². The number of fused-ring (bicyclic) bond motifs is 1. The van der Waals surface area contributed by atoms with Crippen molar-refractivity contribution in [3.05, 3.63) is 30.5 Å². The monoisotopic (exact) mass is 302 g/mol. The Kier molecular flexibility index (Phi) is 4.04. The van der Waals surface area contributed by atoms with Gasteiger partial charge in [-0.2, -0.15) is 10.1 Å². The second-order valence-electron chi connectivity index (χ2n) is 5.05. The van der Waals surface area contributed by atoms with Crippen molar-refractivity contribution in [3.63, 3.8) is 0 Å². The van der Waals surface area contributed by atoms with Crippen LogP contribution < -0.4 is 0 Å². The first-order valence-electron chi connectivity index (χ1n) is 7.43. The fourth-order valence-electron chi connectivity index (χ4n) is 2.75. The van der Waals surface area contributed by atoms with Crippen LogP contribution in [0.3, 0.4) is 0 Å². The normalized spacial score (nSPS) is 20.4. The number of esters is 1. The van der Waals surface area contributed by atoms with Gasteiger partial charge in [-0.1, -0.05) is 13.3 Å². The van der Waals surface area contributed by atoms with Gasteiger partial charge in [-0.05, 0) is 25.5 Å². The minimum atomic E-state index is -0.541. The van der Waals surface area contributed by atoms with E-state index in [0.717, 1.165) is 12.1 Å². The van der Waals surface area contributed by atoms with E-state index in [0.29, 0.717) is 24.7 Å². The molecule has 0 bridgehead atoms. The number of rotatable bonds is 5. The number of carbonyl (C=O) groups excluding carboxylic acids is 1. The molecular weight excluding hydrogens is 284 g/mol. The molecule has 2 atom stereocenters. The van der Waals surface area contributed by atoms with E-state index < -0.39 is 12.0 Å². The second kappa shape index (κ2) is 6.13. The topological polar surface area (TPSA) is 82.5 Å². The first-order chi connectivity index (χ1) is 10.8. The Morgan fingerprint density at radius 2 is 2.32 bits per heavy atom. The molecule has 0 aromatic carbocycles. The number of hydrogen-bond acceptors (Lipinski definition) is 6. The quantitative estimate of drug-likeness (QED) is 0.793. The summed E-state index contributed by atoms with van der Waals surface area (Å²) in [5, 5.41) is 4.21. The fraction of sp³-hybridized carbons (Fsp3) is 0.467. The number of aliphatic imine (C=N–C) groups is 1. The first-order valence-corrected chi connectivity index (χ1v) is 7.43. The summed E-state index contributed by atoms with van der Waals surface area (Å²) in [7, 11) is 0. The van der Waals surface area contributed by atoms with Gasteiger partial charge in [0.15, 0.2) is 0 Å². The van der Waals surface area contributed by atoms with Crippen LogP contribution in [0, 0.1) is 5.92 Å². The second-order valence-corrected chi connectivity index (χ2v) is 5.05. The van der Waals surface area contributed by atoms with Gasteiger partial charge in [0.2, 0.25) is 5.95 Å². The molecule has 0 saturated heterocycles. The first kappa shape index (κ1) is 14.5. The van der Waals surface area contributed by atoms with E-state index in [1.165, 1.54) is 6.33 Å². The zero-order valence-corrected chi connectivity index (χ0v) is 12.6. The lowest BCUT2D eigenvalue weighted by molar-refractivity contribution is -0.146. The third-order valence-electron chi connectivity index (χ3n) is 3.62. The molecule has 2 aromatic rings. The van der Waals surface area contributed by atoms with Crippen LogP contribution >= 0.6 is 0 Å². The van der Waals surface area contributed by atoms with Crippen LogP contribution in [-0.2, 0) is 9.53 Å². The van der Waals surface area contributed by atoms with Gasteiger partial charge in [-0.15, -0.1) is 0 Å². The van der Waals surface area contributed by atoms with Gasteiger partial charge < -0.3 is 9.15 Å². The molecule has 1 aliphatic heterocycles. The maximum atomic E-state index is 12.5. The summed E-state index contributed by atoms with van der Waals surface area (Å²) in [6.45, 7) is 4.16. The van der Waals surface area contributed by atoms with Crippen molar-refractivity contribution in [3.8, 4) is 0 Å². The highest BCUT2D eigenvalue weighted by molar-refractivity contribution is 6.04. The summed E-state index contributed by atoms with van der Waals surface area (Å²) in [5.41, 5.74) is 0.767. The third kappa shape index (κ3) is 2.43. The standard InChI is InChI=1S/C15H18N4O3/c1-3-6-10-12(14(20)21-4-2)13(11-7-5-8-22-11)19-15(18-10)16-9-17-19/h5,7-9,12-13H,3-4,6H2,1-2H3. The number of carbonyl (C=O) groups is 1. The van der Waals surface area contributed by atoms with Gasteiger partial charge in [-0.25, -0.2) is 9.67 Å².